The zero-order chi connectivity index (χ0) is 22.4. The number of benzene rings is 2. The summed E-state index contributed by atoms with van der Waals surface area (Å²) < 4.78 is 41.8. The number of halogens is 3. The monoisotopic (exact) mass is 441 g/mol. The molecule has 2 aromatic carbocycles. The van der Waals surface area contributed by atoms with Gasteiger partial charge < -0.3 is 15.6 Å². The molecule has 0 spiro atoms. The number of rotatable bonds is 5. The summed E-state index contributed by atoms with van der Waals surface area (Å²) in [5, 5.41) is 6.07. The summed E-state index contributed by atoms with van der Waals surface area (Å²) in [6, 6.07) is 8.00. The number of hydrogen-bond acceptors (Lipinski definition) is 2. The Bertz CT molecular complexity index is 1200. The summed E-state index contributed by atoms with van der Waals surface area (Å²) in [5.74, 6) is -2.60. The maximum absolute atomic E-state index is 14.4. The molecule has 1 aliphatic carbocycles. The number of amides is 2. The number of carbonyl (C=O) groups excluding carboxylic acids is 2. The van der Waals surface area contributed by atoms with Crippen molar-refractivity contribution >= 4 is 22.7 Å². The third kappa shape index (κ3) is 3.74. The minimum Gasteiger partial charge on any atom is -0.355 e. The molecule has 8 heteroatoms. The number of hydrogen-bond donors (Lipinski definition) is 3. The van der Waals surface area contributed by atoms with Crippen LogP contribution < -0.4 is 10.6 Å². The molecule has 1 saturated carbocycles. The fourth-order valence-corrected chi connectivity index (χ4v) is 4.80. The fourth-order valence-electron chi connectivity index (χ4n) is 4.80. The van der Waals surface area contributed by atoms with Gasteiger partial charge in [-0.1, -0.05) is 0 Å². The zero-order valence-electron chi connectivity index (χ0n) is 17.2. The largest absolute Gasteiger partial charge is 0.355 e. The molecule has 166 valence electrons. The summed E-state index contributed by atoms with van der Waals surface area (Å²) in [5.41, 5.74) is 2.32. The van der Waals surface area contributed by atoms with Gasteiger partial charge >= 0.3 is 0 Å². The van der Waals surface area contributed by atoms with Gasteiger partial charge in [0, 0.05) is 29.7 Å². The first-order valence-corrected chi connectivity index (χ1v) is 10.7. The van der Waals surface area contributed by atoms with Gasteiger partial charge in [-0.05, 0) is 73.1 Å². The Kier molecular flexibility index (Phi) is 5.15. The van der Waals surface area contributed by atoms with Crippen molar-refractivity contribution in [1.29, 1.82) is 0 Å². The van der Waals surface area contributed by atoms with Crippen molar-refractivity contribution in [3.05, 3.63) is 59.4 Å². The minimum atomic E-state index is -0.678. The Hall–Kier alpha value is -3.29. The van der Waals surface area contributed by atoms with E-state index in [1.807, 2.05) is 0 Å². The van der Waals surface area contributed by atoms with E-state index >= 15 is 0 Å². The Balaban J connectivity index is 1.36. The van der Waals surface area contributed by atoms with Crippen LogP contribution in [0.1, 0.15) is 24.8 Å². The van der Waals surface area contributed by atoms with Crippen LogP contribution in [0.3, 0.4) is 0 Å². The molecule has 0 bridgehead atoms. The van der Waals surface area contributed by atoms with E-state index in [9.17, 15) is 22.8 Å². The number of nitrogens with one attached hydrogen (secondary N) is 3. The van der Waals surface area contributed by atoms with Gasteiger partial charge in [0.25, 0.3) is 0 Å². The first-order chi connectivity index (χ1) is 15.4. The molecule has 2 heterocycles. The average molecular weight is 441 g/mol. The van der Waals surface area contributed by atoms with E-state index in [0.29, 0.717) is 48.9 Å². The van der Waals surface area contributed by atoms with E-state index in [1.54, 1.807) is 12.1 Å². The van der Waals surface area contributed by atoms with Crippen molar-refractivity contribution < 1.29 is 22.8 Å². The number of fused-ring (bicyclic) bond motifs is 1. The van der Waals surface area contributed by atoms with Gasteiger partial charge in [-0.15, -0.1) is 0 Å². The van der Waals surface area contributed by atoms with Crippen LogP contribution in [0.2, 0.25) is 0 Å². The van der Waals surface area contributed by atoms with Crippen molar-refractivity contribution in [3.8, 4) is 11.3 Å². The van der Waals surface area contributed by atoms with Crippen LogP contribution in [0, 0.1) is 29.3 Å². The topological polar surface area (TPSA) is 74.0 Å². The predicted octanol–water partition coefficient (Wildman–Crippen LogP) is 3.83. The lowest BCUT2D eigenvalue weighted by molar-refractivity contribution is -0.134. The number of aromatic nitrogens is 1. The van der Waals surface area contributed by atoms with Crippen LogP contribution in [0.5, 0.6) is 0 Å². The highest BCUT2D eigenvalue weighted by Crippen LogP contribution is 2.38. The molecular formula is C24H22F3N3O2. The molecule has 3 N–H and O–H groups in total. The van der Waals surface area contributed by atoms with E-state index in [4.69, 9.17) is 0 Å². The van der Waals surface area contributed by atoms with Gasteiger partial charge in [-0.2, -0.15) is 0 Å². The lowest BCUT2D eigenvalue weighted by Gasteiger charge is -2.36. The van der Waals surface area contributed by atoms with E-state index in [-0.39, 0.29) is 35.1 Å². The molecule has 2 aliphatic rings. The maximum Gasteiger partial charge on any atom is 0.232 e. The summed E-state index contributed by atoms with van der Waals surface area (Å²) in [6.45, 7) is 0.518. The fraction of sp³-hybridized carbons (Fsp3) is 0.333. The van der Waals surface area contributed by atoms with Gasteiger partial charge in [0.15, 0.2) is 0 Å². The zero-order valence-corrected chi connectivity index (χ0v) is 17.2. The second kappa shape index (κ2) is 8.00. The second-order valence-electron chi connectivity index (χ2n) is 8.67. The van der Waals surface area contributed by atoms with Crippen molar-refractivity contribution in [2.75, 3.05) is 6.54 Å². The van der Waals surface area contributed by atoms with Gasteiger partial charge in [0.05, 0.1) is 5.52 Å². The molecule has 1 atom stereocenters. The smallest absolute Gasteiger partial charge is 0.232 e. The number of aromatic amines is 1. The third-order valence-electron chi connectivity index (χ3n) is 6.50. The SMILES string of the molecule is O=C1NCCC1C(=O)NC1CC(Cc2c(-c3ccc(F)cc3)[nH]c3c(F)cc(F)cc23)C1. The quantitative estimate of drug-likeness (QED) is 0.527. The lowest BCUT2D eigenvalue weighted by atomic mass is 9.75. The molecule has 5 nitrogen and oxygen atoms in total. The summed E-state index contributed by atoms with van der Waals surface area (Å²) in [6.07, 6.45) is 2.50. The normalized spacial score (nSPS) is 22.6. The second-order valence-corrected chi connectivity index (χ2v) is 8.67. The lowest BCUT2D eigenvalue weighted by Crippen LogP contribution is -2.48. The first kappa shape index (κ1) is 20.6. The van der Waals surface area contributed by atoms with Gasteiger partial charge in [-0.3, -0.25) is 9.59 Å². The summed E-state index contributed by atoms with van der Waals surface area (Å²) in [7, 11) is 0. The summed E-state index contributed by atoms with van der Waals surface area (Å²) in [4.78, 5) is 27.1. The van der Waals surface area contributed by atoms with E-state index in [1.165, 1.54) is 18.2 Å². The van der Waals surface area contributed by atoms with Crippen LogP contribution in [-0.2, 0) is 16.0 Å². The molecule has 2 amide bonds. The van der Waals surface area contributed by atoms with Crippen molar-refractivity contribution in [2.45, 2.75) is 31.7 Å². The Morgan fingerprint density at radius 2 is 1.81 bits per heavy atom. The highest BCUT2D eigenvalue weighted by Gasteiger charge is 2.36. The average Bonchev–Trinajstić information content (AvgIpc) is 3.31. The maximum atomic E-state index is 14.4. The van der Waals surface area contributed by atoms with Gasteiger partial charge in [0.1, 0.15) is 23.4 Å². The number of carbonyl (C=O) groups is 2. The Labute approximate surface area is 182 Å². The Morgan fingerprint density at radius 3 is 2.50 bits per heavy atom. The van der Waals surface area contributed by atoms with Crippen LogP contribution in [0.4, 0.5) is 13.2 Å². The highest BCUT2D eigenvalue weighted by molar-refractivity contribution is 6.01. The van der Waals surface area contributed by atoms with Crippen molar-refractivity contribution in [2.24, 2.45) is 11.8 Å². The molecule has 1 unspecified atom stereocenters. The van der Waals surface area contributed by atoms with Crippen molar-refractivity contribution in [1.82, 2.24) is 15.6 Å². The van der Waals surface area contributed by atoms with E-state index < -0.39 is 17.6 Å². The molecule has 0 radical (unpaired) electrons. The molecule has 1 aromatic heterocycles. The highest BCUT2D eigenvalue weighted by atomic mass is 19.1. The van der Waals surface area contributed by atoms with Crippen LogP contribution in [0.15, 0.2) is 36.4 Å². The molecular weight excluding hydrogens is 419 g/mol. The van der Waals surface area contributed by atoms with Crippen LogP contribution in [-0.4, -0.2) is 29.4 Å². The van der Waals surface area contributed by atoms with Crippen molar-refractivity contribution in [3.63, 3.8) is 0 Å². The molecule has 1 saturated heterocycles. The van der Waals surface area contributed by atoms with E-state index in [0.717, 1.165) is 11.6 Å². The molecule has 1 aliphatic heterocycles. The molecule has 32 heavy (non-hydrogen) atoms. The van der Waals surface area contributed by atoms with Gasteiger partial charge in [-0.25, -0.2) is 13.2 Å². The molecule has 3 aromatic rings. The third-order valence-corrected chi connectivity index (χ3v) is 6.50. The van der Waals surface area contributed by atoms with E-state index in [2.05, 4.69) is 15.6 Å². The Morgan fingerprint density at radius 1 is 1.06 bits per heavy atom. The first-order valence-electron chi connectivity index (χ1n) is 10.7. The van der Waals surface area contributed by atoms with Crippen LogP contribution in [0.25, 0.3) is 22.2 Å². The molecule has 2 fully saturated rings. The minimum absolute atomic E-state index is 0.0196. The van der Waals surface area contributed by atoms with Crippen LogP contribution >= 0.6 is 0 Å². The van der Waals surface area contributed by atoms with Gasteiger partial charge in [0.2, 0.25) is 11.8 Å². The summed E-state index contributed by atoms with van der Waals surface area (Å²) >= 11 is 0. The molecule has 5 rings (SSSR count). The standard InChI is InChI=1S/C24H22F3N3O2/c25-14-3-1-13(2-4-14)21-18(19-10-15(26)11-20(27)22(19)30-21)9-12-7-16(8-12)29-24(32)17-5-6-28-23(17)31/h1-4,10-12,16-17,30H,5-9H2,(H,28,31)(H,29,32). The predicted molar refractivity (Wildman–Crippen MR) is 113 cm³/mol. The number of H-pyrrole nitrogens is 1.